The number of anilines is 1. The summed E-state index contributed by atoms with van der Waals surface area (Å²) < 4.78 is 0. The maximum absolute atomic E-state index is 5.47. The fraction of sp³-hybridized carbons (Fsp3) is 0.130. The van der Waals surface area contributed by atoms with Gasteiger partial charge < -0.3 is 5.73 Å². The molecule has 0 aliphatic heterocycles. The molecule has 0 spiro atoms. The van der Waals surface area contributed by atoms with Crippen molar-refractivity contribution in [3.05, 3.63) is 89.5 Å². The molecule has 3 rings (SSSR count). The van der Waals surface area contributed by atoms with Gasteiger partial charge in [-0.1, -0.05) is 48.0 Å². The van der Waals surface area contributed by atoms with Crippen molar-refractivity contribution in [2.45, 2.75) is 20.4 Å². The van der Waals surface area contributed by atoms with Crippen LogP contribution in [0, 0.1) is 25.9 Å². The Balaban J connectivity index is 1.81. The third-order valence-electron chi connectivity index (χ3n) is 4.18. The maximum atomic E-state index is 5.47. The van der Waals surface area contributed by atoms with Gasteiger partial charge in [0.2, 0.25) is 0 Å². The molecule has 0 radical (unpaired) electrons. The standard InChI is InChI=1S/C23H22N4/c1-18-8-10-21(11-9-18)25-26-23-13-12-22(16-19(23)2)27(15-14-24)17-20-6-4-3-5-7-20/h3-13,16H,17,24H2,1-2H3. The number of benzene rings is 3. The van der Waals surface area contributed by atoms with Crippen LogP contribution >= 0.6 is 0 Å². The highest BCUT2D eigenvalue weighted by Gasteiger charge is 2.07. The Morgan fingerprint density at radius 3 is 2.30 bits per heavy atom. The Labute approximate surface area is 160 Å². The Hall–Kier alpha value is -3.58. The van der Waals surface area contributed by atoms with E-state index in [0.717, 1.165) is 22.6 Å². The third kappa shape index (κ3) is 4.96. The van der Waals surface area contributed by atoms with Crippen LogP contribution in [0.25, 0.3) is 0 Å². The van der Waals surface area contributed by atoms with Crippen molar-refractivity contribution in [1.82, 2.24) is 0 Å². The molecule has 0 aromatic heterocycles. The van der Waals surface area contributed by atoms with Gasteiger partial charge in [-0.3, -0.25) is 4.90 Å². The molecule has 3 aromatic carbocycles. The molecule has 0 aliphatic rings. The first kappa shape index (κ1) is 18.2. The van der Waals surface area contributed by atoms with Crippen LogP contribution in [0.2, 0.25) is 0 Å². The number of rotatable bonds is 5. The zero-order chi connectivity index (χ0) is 19.1. The minimum Gasteiger partial charge on any atom is -0.358 e. The van der Waals surface area contributed by atoms with E-state index >= 15 is 0 Å². The Morgan fingerprint density at radius 2 is 1.63 bits per heavy atom. The molecule has 2 N–H and O–H groups in total. The van der Waals surface area contributed by atoms with Crippen molar-refractivity contribution in [2.24, 2.45) is 16.0 Å². The summed E-state index contributed by atoms with van der Waals surface area (Å²) >= 11 is 0. The molecular formula is C23H22N4. The molecular weight excluding hydrogens is 332 g/mol. The lowest BCUT2D eigenvalue weighted by Crippen LogP contribution is -2.16. The predicted molar refractivity (Wildman–Crippen MR) is 111 cm³/mol. The minimum atomic E-state index is 0.661. The van der Waals surface area contributed by atoms with E-state index in [2.05, 4.69) is 47.4 Å². The monoisotopic (exact) mass is 354 g/mol. The first-order valence-electron chi connectivity index (χ1n) is 8.77. The van der Waals surface area contributed by atoms with E-state index in [1.807, 2.05) is 66.4 Å². The molecule has 27 heavy (non-hydrogen) atoms. The molecule has 0 saturated carbocycles. The normalized spacial score (nSPS) is 10.4. The average molecular weight is 354 g/mol. The average Bonchev–Trinajstić information content (AvgIpc) is 2.69. The number of nitrogens with zero attached hydrogens (tertiary/aromatic N) is 3. The van der Waals surface area contributed by atoms with Gasteiger partial charge in [-0.15, -0.1) is 0 Å². The molecule has 4 nitrogen and oxygen atoms in total. The molecule has 0 heterocycles. The van der Waals surface area contributed by atoms with Gasteiger partial charge in [0.25, 0.3) is 0 Å². The Bertz CT molecular complexity index is 980. The van der Waals surface area contributed by atoms with Crippen LogP contribution in [0.1, 0.15) is 16.7 Å². The summed E-state index contributed by atoms with van der Waals surface area (Å²) in [5, 5.41) is 8.70. The lowest BCUT2D eigenvalue weighted by atomic mass is 10.1. The van der Waals surface area contributed by atoms with Gasteiger partial charge in [0.1, 0.15) is 0 Å². The molecule has 0 atom stereocenters. The van der Waals surface area contributed by atoms with Gasteiger partial charge in [-0.2, -0.15) is 10.2 Å². The third-order valence-corrected chi connectivity index (χ3v) is 4.18. The second kappa shape index (κ2) is 8.68. The van der Waals surface area contributed by atoms with Crippen LogP contribution < -0.4 is 10.6 Å². The van der Waals surface area contributed by atoms with Crippen molar-refractivity contribution >= 4 is 17.1 Å². The Kier molecular flexibility index (Phi) is 5.86. The van der Waals surface area contributed by atoms with Crippen LogP contribution in [-0.4, -0.2) is 0 Å². The van der Waals surface area contributed by atoms with Gasteiger partial charge in [0, 0.05) is 17.8 Å². The number of nitrogens with two attached hydrogens (primary N) is 1. The van der Waals surface area contributed by atoms with E-state index in [1.54, 1.807) is 0 Å². The Morgan fingerprint density at radius 1 is 0.889 bits per heavy atom. The molecule has 0 unspecified atom stereocenters. The van der Waals surface area contributed by atoms with Crippen molar-refractivity contribution in [3.63, 3.8) is 0 Å². The number of hydrogen-bond acceptors (Lipinski definition) is 4. The molecule has 0 saturated heterocycles. The van der Waals surface area contributed by atoms with Gasteiger partial charge in [0.05, 0.1) is 17.9 Å². The molecule has 4 heteroatoms. The highest BCUT2D eigenvalue weighted by molar-refractivity contribution is 5.60. The van der Waals surface area contributed by atoms with Crippen molar-refractivity contribution in [2.75, 3.05) is 4.90 Å². The van der Waals surface area contributed by atoms with Gasteiger partial charge >= 0.3 is 0 Å². The lowest BCUT2D eigenvalue weighted by molar-refractivity contribution is 0.990. The molecule has 3 aromatic rings. The predicted octanol–water partition coefficient (Wildman–Crippen LogP) is 5.60. The second-order valence-electron chi connectivity index (χ2n) is 6.33. The van der Waals surface area contributed by atoms with E-state index in [-0.39, 0.29) is 0 Å². The largest absolute Gasteiger partial charge is 0.358 e. The summed E-state index contributed by atoms with van der Waals surface area (Å²) in [7, 11) is 0. The molecule has 134 valence electrons. The fourth-order valence-electron chi connectivity index (χ4n) is 2.68. The molecule has 0 aliphatic carbocycles. The SMILES string of the molecule is Cc1ccc(N=Nc2ccc(N(C#CN)Cc3ccccc3)cc2C)cc1. The van der Waals surface area contributed by atoms with Gasteiger partial charge in [-0.25, -0.2) is 0 Å². The van der Waals surface area contributed by atoms with E-state index in [9.17, 15) is 0 Å². The van der Waals surface area contributed by atoms with E-state index in [4.69, 9.17) is 5.73 Å². The highest BCUT2D eigenvalue weighted by Crippen LogP contribution is 2.27. The smallest absolute Gasteiger partial charge is 0.0887 e. The summed E-state index contributed by atoms with van der Waals surface area (Å²) in [6.07, 6.45) is 0. The van der Waals surface area contributed by atoms with Crippen LogP contribution in [0.3, 0.4) is 0 Å². The zero-order valence-corrected chi connectivity index (χ0v) is 15.6. The first-order chi connectivity index (χ1) is 13.2. The fourth-order valence-corrected chi connectivity index (χ4v) is 2.68. The zero-order valence-electron chi connectivity index (χ0n) is 15.6. The summed E-state index contributed by atoms with van der Waals surface area (Å²) in [5.74, 6) is 0. The number of hydrogen-bond donors (Lipinski definition) is 1. The first-order valence-corrected chi connectivity index (χ1v) is 8.77. The van der Waals surface area contributed by atoms with Crippen LogP contribution in [0.5, 0.6) is 0 Å². The number of aryl methyl sites for hydroxylation is 2. The van der Waals surface area contributed by atoms with Crippen molar-refractivity contribution < 1.29 is 0 Å². The van der Waals surface area contributed by atoms with Crippen LogP contribution in [0.15, 0.2) is 83.0 Å². The molecule has 0 amide bonds. The van der Waals surface area contributed by atoms with Crippen LogP contribution in [-0.2, 0) is 6.54 Å². The van der Waals surface area contributed by atoms with E-state index in [0.29, 0.717) is 6.54 Å². The second-order valence-corrected chi connectivity index (χ2v) is 6.33. The quantitative estimate of drug-likeness (QED) is 0.368. The molecule has 0 bridgehead atoms. The topological polar surface area (TPSA) is 54.0 Å². The number of azo groups is 1. The van der Waals surface area contributed by atoms with Crippen molar-refractivity contribution in [3.8, 4) is 12.1 Å². The van der Waals surface area contributed by atoms with Crippen molar-refractivity contribution in [1.29, 1.82) is 0 Å². The minimum absolute atomic E-state index is 0.661. The summed E-state index contributed by atoms with van der Waals surface area (Å²) in [5.41, 5.74) is 11.5. The summed E-state index contributed by atoms with van der Waals surface area (Å²) in [6, 6.07) is 29.6. The summed E-state index contributed by atoms with van der Waals surface area (Å²) in [6.45, 7) is 4.73. The van der Waals surface area contributed by atoms with E-state index < -0.39 is 0 Å². The highest BCUT2D eigenvalue weighted by atomic mass is 15.1. The molecule has 0 fully saturated rings. The van der Waals surface area contributed by atoms with Gasteiger partial charge in [0.15, 0.2) is 0 Å². The van der Waals surface area contributed by atoms with Crippen LogP contribution in [0.4, 0.5) is 17.1 Å². The van der Waals surface area contributed by atoms with E-state index in [1.165, 1.54) is 11.1 Å². The maximum Gasteiger partial charge on any atom is 0.0887 e. The summed E-state index contributed by atoms with van der Waals surface area (Å²) in [4.78, 5) is 1.93. The van der Waals surface area contributed by atoms with Gasteiger partial charge in [-0.05, 0) is 55.3 Å². The lowest BCUT2D eigenvalue weighted by Gasteiger charge is -2.18.